The Morgan fingerprint density at radius 3 is 2.64 bits per heavy atom. The second-order valence-corrected chi connectivity index (χ2v) is 11.8. The van der Waals surface area contributed by atoms with Crippen molar-refractivity contribution in [2.24, 2.45) is 17.8 Å². The van der Waals surface area contributed by atoms with E-state index in [-0.39, 0.29) is 36.5 Å². The molecule has 4 N–H and O–H groups in total. The van der Waals surface area contributed by atoms with E-state index < -0.39 is 41.5 Å². The Hall–Kier alpha value is -4.74. The largest absolute Gasteiger partial charge is 0.494 e. The number of H-pyrrole nitrogens is 1. The lowest BCUT2D eigenvalue weighted by atomic mass is 9.91. The molecular weight excluding hydrogens is 564 g/mol. The predicted molar refractivity (Wildman–Crippen MR) is 159 cm³/mol. The first-order chi connectivity index (χ1) is 21.3. The number of nitrogens with one attached hydrogen (secondary N) is 4. The van der Waals surface area contributed by atoms with Crippen LogP contribution < -0.4 is 20.7 Å². The molecule has 44 heavy (non-hydrogen) atoms. The maximum Gasteiger partial charge on any atom is 0.290 e. The number of imidazole rings is 1. The molecule has 3 aromatic rings. The summed E-state index contributed by atoms with van der Waals surface area (Å²) in [7, 11) is 1.53. The number of carbonyl (C=O) groups is 5. The van der Waals surface area contributed by atoms with E-state index in [0.717, 1.165) is 24.8 Å². The van der Waals surface area contributed by atoms with Gasteiger partial charge in [-0.1, -0.05) is 42.8 Å². The smallest absolute Gasteiger partial charge is 0.290 e. The first kappa shape index (κ1) is 29.3. The van der Waals surface area contributed by atoms with Crippen LogP contribution in [0.3, 0.4) is 0 Å². The van der Waals surface area contributed by atoms with Crippen LogP contribution in [0.25, 0.3) is 11.0 Å². The van der Waals surface area contributed by atoms with Crippen molar-refractivity contribution in [1.29, 1.82) is 0 Å². The third-order valence-corrected chi connectivity index (χ3v) is 9.15. The monoisotopic (exact) mass is 600 g/mol. The van der Waals surface area contributed by atoms with Gasteiger partial charge in [-0.05, 0) is 55.2 Å². The number of nitrogens with zero attached hydrogens (tertiary/aromatic N) is 2. The summed E-state index contributed by atoms with van der Waals surface area (Å²) in [4.78, 5) is 75.9. The number of likely N-dealkylation sites (tertiary alicyclic amines) is 1. The number of Topliss-reactive ketones (excluding diaryl/α,β-unsaturated/α-hetero) is 1. The van der Waals surface area contributed by atoms with Crippen LogP contribution in [0.2, 0.25) is 0 Å². The van der Waals surface area contributed by atoms with E-state index in [1.165, 1.54) is 12.0 Å². The quantitative estimate of drug-likeness (QED) is 0.258. The molecule has 0 spiro atoms. The fourth-order valence-electron chi connectivity index (χ4n) is 6.92. The van der Waals surface area contributed by atoms with Gasteiger partial charge in [0.15, 0.2) is 5.82 Å². The fourth-order valence-corrected chi connectivity index (χ4v) is 6.92. The van der Waals surface area contributed by atoms with E-state index in [4.69, 9.17) is 4.74 Å². The van der Waals surface area contributed by atoms with Gasteiger partial charge in [0, 0.05) is 25.6 Å². The van der Waals surface area contributed by atoms with Crippen molar-refractivity contribution in [1.82, 2.24) is 30.8 Å². The zero-order valence-electron chi connectivity index (χ0n) is 24.5. The summed E-state index contributed by atoms with van der Waals surface area (Å²) in [5.41, 5.74) is 1.97. The minimum atomic E-state index is -1.22. The second-order valence-electron chi connectivity index (χ2n) is 11.8. The van der Waals surface area contributed by atoms with Gasteiger partial charge in [0.2, 0.25) is 17.6 Å². The van der Waals surface area contributed by atoms with Crippen molar-refractivity contribution in [2.45, 2.75) is 50.7 Å². The molecule has 0 bridgehead atoms. The number of para-hydroxylation sites is 1. The number of amides is 4. The molecule has 3 aliphatic rings. The Morgan fingerprint density at radius 1 is 1.07 bits per heavy atom. The summed E-state index contributed by atoms with van der Waals surface area (Å²) in [5.74, 6) is -2.65. The van der Waals surface area contributed by atoms with Gasteiger partial charge < -0.3 is 30.6 Å². The minimum absolute atomic E-state index is 0.00665. The average molecular weight is 601 g/mol. The van der Waals surface area contributed by atoms with E-state index >= 15 is 0 Å². The molecule has 1 aromatic heterocycles. The predicted octanol–water partition coefficient (Wildman–Crippen LogP) is 1.71. The number of aromatic amines is 1. The number of ketones is 1. The molecule has 3 heterocycles. The molecule has 12 heteroatoms. The van der Waals surface area contributed by atoms with Crippen LogP contribution in [-0.4, -0.2) is 76.6 Å². The number of rotatable bonds is 10. The van der Waals surface area contributed by atoms with Gasteiger partial charge in [-0.15, -0.1) is 0 Å². The molecule has 5 atom stereocenters. The average Bonchev–Trinajstić information content (AvgIpc) is 3.83. The van der Waals surface area contributed by atoms with E-state index in [1.54, 1.807) is 18.2 Å². The lowest BCUT2D eigenvalue weighted by Gasteiger charge is -2.28. The van der Waals surface area contributed by atoms with Crippen LogP contribution in [0.1, 0.15) is 48.3 Å². The molecule has 1 unspecified atom stereocenters. The van der Waals surface area contributed by atoms with Gasteiger partial charge in [-0.2, -0.15) is 0 Å². The molecule has 2 saturated heterocycles. The van der Waals surface area contributed by atoms with Crippen molar-refractivity contribution in [3.8, 4) is 5.75 Å². The molecule has 3 fully saturated rings. The van der Waals surface area contributed by atoms with Crippen LogP contribution in [0, 0.1) is 17.8 Å². The molecule has 1 aliphatic carbocycles. The van der Waals surface area contributed by atoms with Crippen molar-refractivity contribution in [3.63, 3.8) is 0 Å². The SMILES string of the molecule is COc1cccc2[nH]c(C(=O)N3C[C@@H]4CCC[C@@H]4[C@H]3C(=O)NC(C[C@@H]3CCNC3=O)C(=O)C(=O)NCc3ccccc3)nc12. The molecule has 4 amide bonds. The summed E-state index contributed by atoms with van der Waals surface area (Å²) in [6, 6.07) is 12.5. The molecule has 0 radical (unpaired) electrons. The Labute approximate surface area is 254 Å². The molecule has 12 nitrogen and oxygen atoms in total. The van der Waals surface area contributed by atoms with Crippen LogP contribution in [0.4, 0.5) is 0 Å². The van der Waals surface area contributed by atoms with Gasteiger partial charge in [0.05, 0.1) is 18.7 Å². The summed E-state index contributed by atoms with van der Waals surface area (Å²) in [6.45, 7) is 0.999. The van der Waals surface area contributed by atoms with Crippen molar-refractivity contribution in [3.05, 3.63) is 59.9 Å². The van der Waals surface area contributed by atoms with Crippen molar-refractivity contribution in [2.75, 3.05) is 20.2 Å². The normalized spacial score (nSPS) is 23.2. The third kappa shape index (κ3) is 5.76. The van der Waals surface area contributed by atoms with Crippen LogP contribution in [0.15, 0.2) is 48.5 Å². The van der Waals surface area contributed by atoms with Crippen LogP contribution in [0.5, 0.6) is 5.75 Å². The fraction of sp³-hybridized carbons (Fsp3) is 0.438. The molecular formula is C32H36N6O6. The van der Waals surface area contributed by atoms with E-state index in [0.29, 0.717) is 36.3 Å². The Bertz CT molecular complexity index is 1590. The molecule has 2 aliphatic heterocycles. The third-order valence-electron chi connectivity index (χ3n) is 9.15. The second kappa shape index (κ2) is 12.5. The summed E-state index contributed by atoms with van der Waals surface area (Å²) in [6.07, 6.45) is 3.08. The lowest BCUT2D eigenvalue weighted by Crippen LogP contribution is -2.55. The maximum absolute atomic E-state index is 14.0. The van der Waals surface area contributed by atoms with E-state index in [9.17, 15) is 24.0 Å². The first-order valence-corrected chi connectivity index (χ1v) is 15.1. The molecule has 230 valence electrons. The number of fused-ring (bicyclic) bond motifs is 2. The van der Waals surface area contributed by atoms with Crippen LogP contribution >= 0.6 is 0 Å². The lowest BCUT2D eigenvalue weighted by molar-refractivity contribution is -0.141. The summed E-state index contributed by atoms with van der Waals surface area (Å²) < 4.78 is 5.39. The minimum Gasteiger partial charge on any atom is -0.494 e. The highest BCUT2D eigenvalue weighted by Crippen LogP contribution is 2.43. The number of hydrogen-bond acceptors (Lipinski definition) is 7. The summed E-state index contributed by atoms with van der Waals surface area (Å²) >= 11 is 0. The first-order valence-electron chi connectivity index (χ1n) is 15.1. The topological polar surface area (TPSA) is 163 Å². The number of methoxy groups -OCH3 is 1. The molecule has 1 saturated carbocycles. The number of aromatic nitrogens is 2. The number of benzene rings is 2. The maximum atomic E-state index is 14.0. The van der Waals surface area contributed by atoms with Gasteiger partial charge >= 0.3 is 0 Å². The Morgan fingerprint density at radius 2 is 1.89 bits per heavy atom. The van der Waals surface area contributed by atoms with Crippen molar-refractivity contribution < 1.29 is 28.7 Å². The van der Waals surface area contributed by atoms with E-state index in [1.807, 2.05) is 30.3 Å². The highest BCUT2D eigenvalue weighted by molar-refractivity contribution is 6.38. The molecule has 6 rings (SSSR count). The standard InChI is InChI=1S/C32H36N6O6/c1-44-24-12-6-11-22-25(24)37-28(35-22)32(43)38-17-20-9-5-10-21(20)26(38)30(41)36-23(15-19-13-14-33-29(19)40)27(39)31(42)34-16-18-7-3-2-4-8-18/h2-4,6-8,11-12,19-21,23,26H,5,9-10,13-17H2,1H3,(H,33,40)(H,34,42)(H,35,37)(H,36,41)/t19-,20-,21-,23?,26-/m0/s1. The highest BCUT2D eigenvalue weighted by atomic mass is 16.5. The van der Waals surface area contributed by atoms with Gasteiger partial charge in [0.25, 0.3) is 11.8 Å². The van der Waals surface area contributed by atoms with E-state index in [2.05, 4.69) is 25.9 Å². The highest BCUT2D eigenvalue weighted by Gasteiger charge is 2.50. The van der Waals surface area contributed by atoms with Gasteiger partial charge in [-0.25, -0.2) is 4.98 Å². The Kier molecular flexibility index (Phi) is 8.32. The molecule has 2 aromatic carbocycles. The van der Waals surface area contributed by atoms with Gasteiger partial charge in [-0.3, -0.25) is 24.0 Å². The number of ether oxygens (including phenoxy) is 1. The van der Waals surface area contributed by atoms with Gasteiger partial charge in [0.1, 0.15) is 17.3 Å². The number of carbonyl (C=O) groups excluding carboxylic acids is 5. The summed E-state index contributed by atoms with van der Waals surface area (Å²) in [5, 5.41) is 8.20. The van der Waals surface area contributed by atoms with Crippen LogP contribution in [-0.2, 0) is 25.7 Å². The number of hydrogen-bond donors (Lipinski definition) is 4. The Balaban J connectivity index is 1.23. The van der Waals surface area contributed by atoms with Crippen molar-refractivity contribution >= 4 is 40.4 Å². The zero-order chi connectivity index (χ0) is 30.8. The zero-order valence-corrected chi connectivity index (χ0v) is 24.5.